The molecule has 0 atom stereocenters. The van der Waals surface area contributed by atoms with E-state index in [0.29, 0.717) is 15.3 Å². The molecule has 9 nitrogen and oxygen atoms in total. The van der Waals surface area contributed by atoms with E-state index in [0.717, 1.165) is 11.4 Å². The van der Waals surface area contributed by atoms with Crippen LogP contribution in [-0.4, -0.2) is 44.3 Å². The fourth-order valence-corrected chi connectivity index (χ4v) is 4.02. The van der Waals surface area contributed by atoms with Crippen molar-refractivity contribution >= 4 is 46.0 Å². The van der Waals surface area contributed by atoms with Crippen LogP contribution in [0.5, 0.6) is 0 Å². The molecule has 0 saturated carbocycles. The molecule has 164 valence electrons. The van der Waals surface area contributed by atoms with Crippen LogP contribution < -0.4 is 10.6 Å². The third kappa shape index (κ3) is 6.28. The lowest BCUT2D eigenvalue weighted by Crippen LogP contribution is -2.16. The molecule has 0 unspecified atom stereocenters. The van der Waals surface area contributed by atoms with Crippen molar-refractivity contribution in [3.05, 3.63) is 42.1 Å². The summed E-state index contributed by atoms with van der Waals surface area (Å²) < 4.78 is 7.10. The van der Waals surface area contributed by atoms with Gasteiger partial charge >= 0.3 is 6.09 Å². The Morgan fingerprint density at radius 3 is 2.58 bits per heavy atom. The maximum Gasteiger partial charge on any atom is 0.413 e. The van der Waals surface area contributed by atoms with Gasteiger partial charge in [0.25, 0.3) is 0 Å². The van der Waals surface area contributed by atoms with Crippen molar-refractivity contribution in [1.82, 2.24) is 20.0 Å². The Balaban J connectivity index is 1.66. The molecule has 0 aliphatic heterocycles. The molecular weight excluding hydrogens is 436 g/mol. The summed E-state index contributed by atoms with van der Waals surface area (Å²) in [6.07, 6.45) is -0.586. The van der Waals surface area contributed by atoms with Crippen molar-refractivity contribution < 1.29 is 14.3 Å². The van der Waals surface area contributed by atoms with Gasteiger partial charge in [0.05, 0.1) is 23.7 Å². The molecule has 0 radical (unpaired) electrons. The van der Waals surface area contributed by atoms with Crippen molar-refractivity contribution in [2.24, 2.45) is 0 Å². The van der Waals surface area contributed by atoms with Gasteiger partial charge in [-0.1, -0.05) is 62.1 Å². The number of rotatable bonds is 7. The molecule has 11 heteroatoms. The molecule has 2 heterocycles. The number of nitrogens with zero attached hydrogens (tertiary/aromatic N) is 4. The molecule has 3 rings (SSSR count). The van der Waals surface area contributed by atoms with Gasteiger partial charge in [-0.3, -0.25) is 10.1 Å². The van der Waals surface area contributed by atoms with E-state index in [1.54, 1.807) is 11.6 Å². The highest BCUT2D eigenvalue weighted by Gasteiger charge is 2.21. The number of para-hydroxylation sites is 1. The predicted octanol–water partition coefficient (Wildman–Crippen LogP) is 4.32. The summed E-state index contributed by atoms with van der Waals surface area (Å²) in [6.45, 7) is 8.20. The molecule has 0 bridgehead atoms. The average Bonchev–Trinajstić information content (AvgIpc) is 3.34. The van der Waals surface area contributed by atoms with Crippen LogP contribution in [0.4, 0.5) is 15.7 Å². The normalized spacial score (nSPS) is 11.2. The van der Waals surface area contributed by atoms with Crippen LogP contribution in [0, 0.1) is 0 Å². The van der Waals surface area contributed by atoms with Crippen molar-refractivity contribution in [1.29, 1.82) is 0 Å². The summed E-state index contributed by atoms with van der Waals surface area (Å²) in [7, 11) is 0. The first-order valence-corrected chi connectivity index (χ1v) is 11.4. The van der Waals surface area contributed by atoms with E-state index in [4.69, 9.17) is 9.84 Å². The van der Waals surface area contributed by atoms with E-state index in [2.05, 4.69) is 41.6 Å². The third-order valence-corrected chi connectivity index (χ3v) is 5.94. The monoisotopic (exact) mass is 460 g/mol. The van der Waals surface area contributed by atoms with Crippen LogP contribution >= 0.6 is 23.1 Å². The first-order chi connectivity index (χ1) is 14.8. The SMILES string of the molecule is CCOC(=O)Nc1nnc(SCC(=O)Nc2cc(C(C)(C)C)nn2-c2ccccc2)s1. The first-order valence-electron chi connectivity index (χ1n) is 9.62. The fraction of sp³-hybridized carbons (Fsp3) is 0.350. The maximum atomic E-state index is 12.6. The van der Waals surface area contributed by atoms with E-state index in [-0.39, 0.29) is 23.7 Å². The van der Waals surface area contributed by atoms with E-state index in [1.165, 1.54) is 23.1 Å². The standard InChI is InChI=1S/C20H24N6O3S2/c1-5-29-18(28)22-17-23-24-19(31-17)30-12-16(27)21-15-11-14(20(2,3)4)25-26(15)13-9-7-6-8-10-13/h6-11H,5,12H2,1-4H3,(H,21,27)(H,22,23,28). The van der Waals surface area contributed by atoms with Crippen LogP contribution in [0.15, 0.2) is 40.7 Å². The summed E-state index contributed by atoms with van der Waals surface area (Å²) in [5.41, 5.74) is 1.57. The number of carbonyl (C=O) groups excluding carboxylic acids is 2. The zero-order valence-corrected chi connectivity index (χ0v) is 19.3. The van der Waals surface area contributed by atoms with Gasteiger partial charge in [-0.25, -0.2) is 9.48 Å². The molecule has 3 aromatic rings. The van der Waals surface area contributed by atoms with Gasteiger partial charge < -0.3 is 10.1 Å². The largest absolute Gasteiger partial charge is 0.450 e. The molecule has 1 aromatic carbocycles. The average molecular weight is 461 g/mol. The molecule has 2 aromatic heterocycles. The summed E-state index contributed by atoms with van der Waals surface area (Å²) in [5.74, 6) is 0.542. The number of aromatic nitrogens is 4. The highest BCUT2D eigenvalue weighted by Crippen LogP contribution is 2.28. The van der Waals surface area contributed by atoms with Gasteiger partial charge in [-0.15, -0.1) is 10.2 Å². The fourth-order valence-electron chi connectivity index (χ4n) is 2.48. The second-order valence-electron chi connectivity index (χ2n) is 7.47. The number of benzene rings is 1. The Morgan fingerprint density at radius 1 is 1.16 bits per heavy atom. The van der Waals surface area contributed by atoms with E-state index >= 15 is 0 Å². The summed E-state index contributed by atoms with van der Waals surface area (Å²) >= 11 is 2.41. The minimum absolute atomic E-state index is 0.138. The van der Waals surface area contributed by atoms with Crippen molar-refractivity contribution in [3.8, 4) is 5.69 Å². The predicted molar refractivity (Wildman–Crippen MR) is 122 cm³/mol. The number of hydrogen-bond acceptors (Lipinski definition) is 8. The molecule has 2 N–H and O–H groups in total. The molecule has 0 saturated heterocycles. The molecule has 0 fully saturated rings. The smallest absolute Gasteiger partial charge is 0.413 e. The lowest BCUT2D eigenvalue weighted by Gasteiger charge is -2.14. The summed E-state index contributed by atoms with van der Waals surface area (Å²) in [6, 6.07) is 11.5. The molecule has 0 aliphatic carbocycles. The molecular formula is C20H24N6O3S2. The highest BCUT2D eigenvalue weighted by atomic mass is 32.2. The number of anilines is 2. The third-order valence-electron chi connectivity index (χ3n) is 3.96. The minimum Gasteiger partial charge on any atom is -0.450 e. The number of carbonyl (C=O) groups is 2. The van der Waals surface area contributed by atoms with Crippen LogP contribution in [0.3, 0.4) is 0 Å². The molecule has 0 aliphatic rings. The van der Waals surface area contributed by atoms with Crippen LogP contribution in [-0.2, 0) is 14.9 Å². The zero-order chi connectivity index (χ0) is 22.4. The summed E-state index contributed by atoms with van der Waals surface area (Å²) in [4.78, 5) is 24.0. The van der Waals surface area contributed by atoms with E-state index in [1.807, 2.05) is 36.4 Å². The molecule has 0 spiro atoms. The Hall–Kier alpha value is -2.92. The molecule has 2 amide bonds. The number of thioether (sulfide) groups is 1. The van der Waals surface area contributed by atoms with Gasteiger partial charge in [0.1, 0.15) is 5.82 Å². The van der Waals surface area contributed by atoms with E-state index < -0.39 is 6.09 Å². The maximum absolute atomic E-state index is 12.6. The Morgan fingerprint density at radius 2 is 1.90 bits per heavy atom. The number of ether oxygens (including phenoxy) is 1. The lowest BCUT2D eigenvalue weighted by atomic mass is 9.92. The van der Waals surface area contributed by atoms with Gasteiger partial charge in [-0.2, -0.15) is 5.10 Å². The zero-order valence-electron chi connectivity index (χ0n) is 17.7. The Bertz CT molecular complexity index is 1040. The number of hydrogen-bond donors (Lipinski definition) is 2. The van der Waals surface area contributed by atoms with Gasteiger partial charge in [0.2, 0.25) is 11.0 Å². The van der Waals surface area contributed by atoms with Gasteiger partial charge in [-0.05, 0) is 19.1 Å². The van der Waals surface area contributed by atoms with Crippen molar-refractivity contribution in [2.75, 3.05) is 23.0 Å². The first kappa shape index (κ1) is 22.8. The Labute approximate surface area is 188 Å². The topological polar surface area (TPSA) is 111 Å². The quantitative estimate of drug-likeness (QED) is 0.399. The second kappa shape index (κ2) is 9.92. The van der Waals surface area contributed by atoms with Crippen LogP contribution in [0.1, 0.15) is 33.4 Å². The van der Waals surface area contributed by atoms with Gasteiger partial charge in [0, 0.05) is 11.5 Å². The minimum atomic E-state index is -0.586. The van der Waals surface area contributed by atoms with Gasteiger partial charge in [0.15, 0.2) is 4.34 Å². The highest BCUT2D eigenvalue weighted by molar-refractivity contribution is 8.01. The number of amides is 2. The number of nitrogens with one attached hydrogen (secondary N) is 2. The van der Waals surface area contributed by atoms with Crippen molar-refractivity contribution in [2.45, 2.75) is 37.4 Å². The van der Waals surface area contributed by atoms with E-state index in [9.17, 15) is 9.59 Å². The van der Waals surface area contributed by atoms with Crippen molar-refractivity contribution in [3.63, 3.8) is 0 Å². The van der Waals surface area contributed by atoms with Crippen LogP contribution in [0.25, 0.3) is 5.69 Å². The lowest BCUT2D eigenvalue weighted by molar-refractivity contribution is -0.113. The summed E-state index contributed by atoms with van der Waals surface area (Å²) in [5, 5.41) is 18.3. The molecule has 31 heavy (non-hydrogen) atoms. The van der Waals surface area contributed by atoms with Crippen LogP contribution in [0.2, 0.25) is 0 Å². The Kier molecular flexibility index (Phi) is 7.29. The second-order valence-corrected chi connectivity index (χ2v) is 9.67.